The van der Waals surface area contributed by atoms with Crippen LogP contribution in [0.25, 0.3) is 0 Å². The molecule has 0 aliphatic rings. The molecule has 4 nitrogen and oxygen atoms in total. The summed E-state index contributed by atoms with van der Waals surface area (Å²) in [5.41, 5.74) is 1.99. The van der Waals surface area contributed by atoms with Crippen LogP contribution in [0.2, 0.25) is 5.02 Å². The summed E-state index contributed by atoms with van der Waals surface area (Å²) < 4.78 is 11.9. The van der Waals surface area contributed by atoms with E-state index in [9.17, 15) is 4.79 Å². The van der Waals surface area contributed by atoms with Gasteiger partial charge in [-0.3, -0.25) is 4.98 Å². The van der Waals surface area contributed by atoms with Gasteiger partial charge < -0.3 is 9.47 Å². The Labute approximate surface area is 176 Å². The van der Waals surface area contributed by atoms with Gasteiger partial charge in [0.1, 0.15) is 18.0 Å². The smallest absolute Gasteiger partial charge is 0.339 e. The van der Waals surface area contributed by atoms with Crippen molar-refractivity contribution in [2.75, 3.05) is 6.61 Å². The molecule has 3 rings (SSSR count). The summed E-state index contributed by atoms with van der Waals surface area (Å²) in [4.78, 5) is 16.2. The predicted molar refractivity (Wildman–Crippen MR) is 115 cm³/mol. The lowest BCUT2D eigenvalue weighted by Gasteiger charge is -2.30. The third-order valence-electron chi connectivity index (χ3n) is 4.79. The molecule has 1 unspecified atom stereocenters. The molecule has 0 spiro atoms. The number of hydrogen-bond donors (Lipinski definition) is 0. The van der Waals surface area contributed by atoms with E-state index in [0.29, 0.717) is 17.0 Å². The molecule has 0 saturated carbocycles. The highest BCUT2D eigenvalue weighted by molar-refractivity contribution is 6.30. The molecule has 1 atom stereocenters. The second-order valence-corrected chi connectivity index (χ2v) is 7.57. The van der Waals surface area contributed by atoms with Gasteiger partial charge in [0, 0.05) is 23.8 Å². The van der Waals surface area contributed by atoms with E-state index in [1.54, 1.807) is 18.3 Å². The number of aromatic nitrogens is 1. The van der Waals surface area contributed by atoms with Crippen LogP contribution >= 0.6 is 11.6 Å². The van der Waals surface area contributed by atoms with E-state index < -0.39 is 11.6 Å². The SMILES string of the molecule is CCC(C)(COC(=O)c1cccnc1)Oc1ccccc1Cc1ccc(Cl)cc1. The fourth-order valence-corrected chi connectivity index (χ4v) is 2.95. The number of rotatable bonds is 8. The summed E-state index contributed by atoms with van der Waals surface area (Å²) in [7, 11) is 0. The van der Waals surface area contributed by atoms with Crippen molar-refractivity contribution < 1.29 is 14.3 Å². The van der Waals surface area contributed by atoms with Crippen molar-refractivity contribution in [3.63, 3.8) is 0 Å². The number of esters is 1. The number of carbonyl (C=O) groups excluding carboxylic acids is 1. The lowest BCUT2D eigenvalue weighted by Crippen LogP contribution is -2.38. The number of benzene rings is 2. The number of hydrogen-bond acceptors (Lipinski definition) is 4. The third kappa shape index (κ3) is 5.81. The molecule has 150 valence electrons. The van der Waals surface area contributed by atoms with Crippen LogP contribution in [0.1, 0.15) is 41.8 Å². The first-order valence-electron chi connectivity index (χ1n) is 9.57. The number of halogens is 1. The van der Waals surface area contributed by atoms with Gasteiger partial charge in [-0.05, 0) is 54.8 Å². The van der Waals surface area contributed by atoms with E-state index in [1.165, 1.54) is 6.20 Å². The molecule has 2 aromatic carbocycles. The molecule has 0 amide bonds. The van der Waals surface area contributed by atoms with Gasteiger partial charge >= 0.3 is 5.97 Å². The lowest BCUT2D eigenvalue weighted by molar-refractivity contribution is -0.00792. The number of pyridine rings is 1. The van der Waals surface area contributed by atoms with Crippen LogP contribution in [-0.4, -0.2) is 23.2 Å². The molecule has 0 aliphatic heterocycles. The fourth-order valence-electron chi connectivity index (χ4n) is 2.83. The van der Waals surface area contributed by atoms with Crippen molar-refractivity contribution >= 4 is 17.6 Å². The van der Waals surface area contributed by atoms with Gasteiger partial charge in [0.2, 0.25) is 0 Å². The van der Waals surface area contributed by atoms with Crippen LogP contribution in [0.5, 0.6) is 5.75 Å². The minimum atomic E-state index is -0.645. The van der Waals surface area contributed by atoms with Crippen molar-refractivity contribution in [2.24, 2.45) is 0 Å². The summed E-state index contributed by atoms with van der Waals surface area (Å²) in [5, 5.41) is 0.715. The second kappa shape index (κ2) is 9.57. The zero-order valence-electron chi connectivity index (χ0n) is 16.6. The molecule has 1 aromatic heterocycles. The van der Waals surface area contributed by atoms with Gasteiger partial charge in [-0.1, -0.05) is 48.9 Å². The normalized spacial score (nSPS) is 12.8. The summed E-state index contributed by atoms with van der Waals surface area (Å²) in [6, 6.07) is 19.1. The Balaban J connectivity index is 1.71. The lowest BCUT2D eigenvalue weighted by atomic mass is 10.0. The van der Waals surface area contributed by atoms with Crippen molar-refractivity contribution in [2.45, 2.75) is 32.3 Å². The molecule has 5 heteroatoms. The van der Waals surface area contributed by atoms with Crippen LogP contribution in [-0.2, 0) is 11.2 Å². The standard InChI is InChI=1S/C24H24ClNO3/c1-3-24(2,17-28-23(27)20-8-6-14-26-16-20)29-22-9-5-4-7-19(22)15-18-10-12-21(25)13-11-18/h4-14,16H,3,15,17H2,1-2H3. The van der Waals surface area contributed by atoms with E-state index in [4.69, 9.17) is 21.1 Å². The third-order valence-corrected chi connectivity index (χ3v) is 5.04. The van der Waals surface area contributed by atoms with Gasteiger partial charge in [-0.25, -0.2) is 4.79 Å². The van der Waals surface area contributed by atoms with E-state index in [0.717, 1.165) is 23.3 Å². The van der Waals surface area contributed by atoms with E-state index in [2.05, 4.69) is 4.98 Å². The molecular formula is C24H24ClNO3. The van der Waals surface area contributed by atoms with Gasteiger partial charge in [0.25, 0.3) is 0 Å². The van der Waals surface area contributed by atoms with Gasteiger partial charge in [-0.15, -0.1) is 0 Å². The van der Waals surface area contributed by atoms with Gasteiger partial charge in [0.15, 0.2) is 0 Å². The number of nitrogens with zero attached hydrogens (tertiary/aromatic N) is 1. The molecule has 0 saturated heterocycles. The molecule has 0 fully saturated rings. The average Bonchev–Trinajstić information content (AvgIpc) is 2.75. The zero-order chi connectivity index (χ0) is 20.7. The van der Waals surface area contributed by atoms with E-state index >= 15 is 0 Å². The Morgan fingerprint density at radius 2 is 1.83 bits per heavy atom. The van der Waals surface area contributed by atoms with E-state index in [1.807, 2.05) is 62.4 Å². The quantitative estimate of drug-likeness (QED) is 0.446. The number of ether oxygens (including phenoxy) is 2. The maximum atomic E-state index is 12.3. The molecule has 0 bridgehead atoms. The Bertz CT molecular complexity index is 944. The number of carbonyl (C=O) groups is 1. The van der Waals surface area contributed by atoms with Crippen LogP contribution in [0.3, 0.4) is 0 Å². The molecule has 0 N–H and O–H groups in total. The molecule has 1 heterocycles. The highest BCUT2D eigenvalue weighted by atomic mass is 35.5. The first-order valence-corrected chi connectivity index (χ1v) is 9.95. The monoisotopic (exact) mass is 409 g/mol. The first kappa shape index (κ1) is 20.9. The minimum Gasteiger partial charge on any atom is -0.484 e. The maximum absolute atomic E-state index is 12.3. The molecule has 29 heavy (non-hydrogen) atoms. The second-order valence-electron chi connectivity index (χ2n) is 7.13. The summed E-state index contributed by atoms with van der Waals surface area (Å²) in [6.45, 7) is 4.11. The van der Waals surface area contributed by atoms with Crippen LogP contribution in [0, 0.1) is 0 Å². The van der Waals surface area contributed by atoms with Crippen LogP contribution in [0.15, 0.2) is 73.1 Å². The van der Waals surface area contributed by atoms with E-state index in [-0.39, 0.29) is 6.61 Å². The van der Waals surface area contributed by atoms with Crippen molar-refractivity contribution in [3.05, 3.63) is 94.8 Å². The maximum Gasteiger partial charge on any atom is 0.339 e. The highest BCUT2D eigenvalue weighted by Gasteiger charge is 2.28. The van der Waals surface area contributed by atoms with Crippen molar-refractivity contribution in [3.8, 4) is 5.75 Å². The fraction of sp³-hybridized carbons (Fsp3) is 0.250. The number of para-hydroxylation sites is 1. The van der Waals surface area contributed by atoms with Crippen LogP contribution < -0.4 is 4.74 Å². The molecular weight excluding hydrogens is 386 g/mol. The Kier molecular flexibility index (Phi) is 6.89. The van der Waals surface area contributed by atoms with Gasteiger partial charge in [-0.2, -0.15) is 0 Å². The Morgan fingerprint density at radius 1 is 1.07 bits per heavy atom. The predicted octanol–water partition coefficient (Wildman–Crippen LogP) is 5.73. The Hall–Kier alpha value is -2.85. The van der Waals surface area contributed by atoms with Crippen molar-refractivity contribution in [1.82, 2.24) is 4.98 Å². The molecule has 0 radical (unpaired) electrons. The summed E-state index contributed by atoms with van der Waals surface area (Å²) >= 11 is 5.99. The minimum absolute atomic E-state index is 0.145. The highest BCUT2D eigenvalue weighted by Crippen LogP contribution is 2.28. The summed E-state index contributed by atoms with van der Waals surface area (Å²) in [6.07, 6.45) is 4.52. The topological polar surface area (TPSA) is 48.4 Å². The zero-order valence-corrected chi connectivity index (χ0v) is 17.4. The first-order chi connectivity index (χ1) is 14.0. The molecule has 3 aromatic rings. The summed E-state index contributed by atoms with van der Waals surface area (Å²) in [5.74, 6) is 0.375. The average molecular weight is 410 g/mol. The van der Waals surface area contributed by atoms with Gasteiger partial charge in [0.05, 0.1) is 5.56 Å². The molecule has 0 aliphatic carbocycles. The largest absolute Gasteiger partial charge is 0.484 e. The van der Waals surface area contributed by atoms with Crippen LogP contribution in [0.4, 0.5) is 0 Å². The van der Waals surface area contributed by atoms with Crippen molar-refractivity contribution in [1.29, 1.82) is 0 Å². The Morgan fingerprint density at radius 3 is 2.52 bits per heavy atom.